The first kappa shape index (κ1) is 23.2. The number of nitriles is 1. The molecule has 3 heterocycles. The molecule has 4 aromatic rings. The Labute approximate surface area is 210 Å². The molecule has 35 heavy (non-hydrogen) atoms. The van der Waals surface area contributed by atoms with Crippen LogP contribution in [0.1, 0.15) is 33.5 Å². The van der Waals surface area contributed by atoms with Gasteiger partial charge in [0.15, 0.2) is 0 Å². The molecule has 1 aliphatic heterocycles. The molecule has 5 rings (SSSR count). The van der Waals surface area contributed by atoms with Gasteiger partial charge in [0.1, 0.15) is 6.07 Å². The Morgan fingerprint density at radius 1 is 1.14 bits per heavy atom. The van der Waals surface area contributed by atoms with Gasteiger partial charge >= 0.3 is 0 Å². The Morgan fingerprint density at radius 3 is 2.83 bits per heavy atom. The number of benzene rings is 2. The number of rotatable bonds is 6. The molecule has 1 fully saturated rings. The van der Waals surface area contributed by atoms with Gasteiger partial charge in [-0.05, 0) is 48.7 Å². The topological polar surface area (TPSA) is 67.7 Å². The number of hydrogen-bond acceptors (Lipinski definition) is 5. The van der Waals surface area contributed by atoms with Gasteiger partial charge in [0.05, 0.1) is 11.3 Å². The van der Waals surface area contributed by atoms with E-state index in [-0.39, 0.29) is 0 Å². The summed E-state index contributed by atoms with van der Waals surface area (Å²) in [5.74, 6) is 2.43. The smallest absolute Gasteiger partial charge is 0.103 e. The molecule has 2 aromatic heterocycles. The highest BCUT2D eigenvalue weighted by molar-refractivity contribution is 7.99. The predicted octanol–water partition coefficient (Wildman–Crippen LogP) is 6.51. The van der Waals surface area contributed by atoms with Gasteiger partial charge in [-0.25, -0.2) is 0 Å². The molecule has 2 N–H and O–H groups in total. The molecule has 0 unspecified atom stereocenters. The summed E-state index contributed by atoms with van der Waals surface area (Å²) in [6.07, 6.45) is 7.79. The summed E-state index contributed by atoms with van der Waals surface area (Å²) in [6, 6.07) is 17.2. The first-order valence-corrected chi connectivity index (χ1v) is 13.1. The molecular formula is C29H29N5S. The van der Waals surface area contributed by atoms with E-state index in [4.69, 9.17) is 0 Å². The first-order chi connectivity index (χ1) is 17.1. The molecule has 1 saturated heterocycles. The van der Waals surface area contributed by atoms with Crippen LogP contribution in [0.4, 0.5) is 11.4 Å². The van der Waals surface area contributed by atoms with Crippen LogP contribution in [-0.4, -0.2) is 39.5 Å². The highest BCUT2D eigenvalue weighted by Crippen LogP contribution is 2.32. The molecule has 6 heteroatoms. The van der Waals surface area contributed by atoms with E-state index in [1.165, 1.54) is 22.5 Å². The quantitative estimate of drug-likeness (QED) is 0.330. The van der Waals surface area contributed by atoms with Gasteiger partial charge in [-0.3, -0.25) is 9.88 Å². The number of nitrogens with one attached hydrogen (secondary N) is 2. The lowest BCUT2D eigenvalue weighted by atomic mass is 10.0. The van der Waals surface area contributed by atoms with Crippen LogP contribution < -0.4 is 5.32 Å². The van der Waals surface area contributed by atoms with E-state index in [2.05, 4.69) is 87.8 Å². The maximum atomic E-state index is 9.83. The van der Waals surface area contributed by atoms with Crippen molar-refractivity contribution in [2.24, 2.45) is 0 Å². The van der Waals surface area contributed by atoms with Gasteiger partial charge in [0.2, 0.25) is 0 Å². The van der Waals surface area contributed by atoms with Crippen LogP contribution >= 0.6 is 11.8 Å². The van der Waals surface area contributed by atoms with Crippen LogP contribution in [0.25, 0.3) is 23.1 Å². The second kappa shape index (κ2) is 10.4. The Kier molecular flexibility index (Phi) is 6.89. The Balaban J connectivity index is 1.45. The fourth-order valence-corrected chi connectivity index (χ4v) is 5.57. The zero-order valence-corrected chi connectivity index (χ0v) is 21.0. The normalized spacial score (nSPS) is 14.4. The minimum absolute atomic E-state index is 0.528. The summed E-state index contributed by atoms with van der Waals surface area (Å²) in [7, 11) is 0. The lowest BCUT2D eigenvalue weighted by molar-refractivity contribution is 0.294. The largest absolute Gasteiger partial charge is 0.361 e. The van der Waals surface area contributed by atoms with E-state index >= 15 is 0 Å². The standard InChI is InChI=1S/C29H29N5S/c1-20-25-10-11-31-28(25)9-8-27(20)33-29-24(17-30)18-32-21(2)26(29)7-6-22-4-3-5-23(16-22)19-34-12-14-35-15-13-34/h3-11,16,18,31H,12-15,19H2,1-2H3,(H,32,33)/b7-6+. The predicted molar refractivity (Wildman–Crippen MR) is 148 cm³/mol. The maximum Gasteiger partial charge on any atom is 0.103 e. The lowest BCUT2D eigenvalue weighted by Crippen LogP contribution is -2.31. The van der Waals surface area contributed by atoms with E-state index in [0.717, 1.165) is 58.9 Å². The van der Waals surface area contributed by atoms with Crippen molar-refractivity contribution in [1.29, 1.82) is 5.26 Å². The van der Waals surface area contributed by atoms with Crippen molar-refractivity contribution in [2.75, 3.05) is 29.9 Å². The van der Waals surface area contributed by atoms with E-state index < -0.39 is 0 Å². The molecule has 0 aliphatic carbocycles. The number of aromatic amines is 1. The minimum Gasteiger partial charge on any atom is -0.361 e. The Bertz CT molecular complexity index is 1420. The number of thioether (sulfide) groups is 1. The van der Waals surface area contributed by atoms with Crippen LogP contribution in [0.15, 0.2) is 54.9 Å². The van der Waals surface area contributed by atoms with Crippen LogP contribution in [0.5, 0.6) is 0 Å². The minimum atomic E-state index is 0.528. The zero-order chi connectivity index (χ0) is 24.2. The Morgan fingerprint density at radius 2 is 2.00 bits per heavy atom. The van der Waals surface area contributed by atoms with Gasteiger partial charge in [-0.15, -0.1) is 0 Å². The average Bonchev–Trinajstić information content (AvgIpc) is 3.36. The number of hydrogen-bond donors (Lipinski definition) is 2. The van der Waals surface area contributed by atoms with Crippen molar-refractivity contribution in [3.63, 3.8) is 0 Å². The second-order valence-corrected chi connectivity index (χ2v) is 10.2. The number of nitrogens with zero attached hydrogens (tertiary/aromatic N) is 3. The molecule has 0 atom stereocenters. The highest BCUT2D eigenvalue weighted by Gasteiger charge is 2.14. The van der Waals surface area contributed by atoms with Crippen LogP contribution in [-0.2, 0) is 6.54 Å². The van der Waals surface area contributed by atoms with Crippen molar-refractivity contribution in [3.8, 4) is 6.07 Å². The summed E-state index contributed by atoms with van der Waals surface area (Å²) in [5, 5.41) is 14.5. The molecule has 5 nitrogen and oxygen atoms in total. The third-order valence-electron chi connectivity index (χ3n) is 6.60. The summed E-state index contributed by atoms with van der Waals surface area (Å²) in [6.45, 7) is 7.37. The summed E-state index contributed by atoms with van der Waals surface area (Å²) in [5.41, 5.74) is 8.82. The van der Waals surface area contributed by atoms with Crippen molar-refractivity contribution in [1.82, 2.24) is 14.9 Å². The number of fused-ring (bicyclic) bond motifs is 1. The van der Waals surface area contributed by atoms with Crippen molar-refractivity contribution >= 4 is 46.2 Å². The molecule has 0 radical (unpaired) electrons. The SMILES string of the molecule is Cc1ncc(C#N)c(Nc2ccc3[nH]ccc3c2C)c1/C=C/c1cccc(CN2CCSCC2)c1. The van der Waals surface area contributed by atoms with E-state index in [1.807, 2.05) is 24.9 Å². The van der Waals surface area contributed by atoms with Crippen molar-refractivity contribution in [3.05, 3.63) is 88.4 Å². The van der Waals surface area contributed by atoms with Crippen molar-refractivity contribution < 1.29 is 0 Å². The fraction of sp³-hybridized carbons (Fsp3) is 0.241. The number of H-pyrrole nitrogens is 1. The molecule has 1 aliphatic rings. The lowest BCUT2D eigenvalue weighted by Gasteiger charge is -2.26. The van der Waals surface area contributed by atoms with Gasteiger partial charge < -0.3 is 10.3 Å². The van der Waals surface area contributed by atoms with Gasteiger partial charge in [0.25, 0.3) is 0 Å². The average molecular weight is 480 g/mol. The number of pyridine rings is 1. The van der Waals surface area contributed by atoms with E-state index in [9.17, 15) is 5.26 Å². The number of aryl methyl sites for hydroxylation is 2. The molecule has 0 bridgehead atoms. The third-order valence-corrected chi connectivity index (χ3v) is 7.55. The van der Waals surface area contributed by atoms with Crippen LogP contribution in [0.3, 0.4) is 0 Å². The monoisotopic (exact) mass is 479 g/mol. The molecular weight excluding hydrogens is 450 g/mol. The van der Waals surface area contributed by atoms with Gasteiger partial charge in [0, 0.05) is 71.4 Å². The fourth-order valence-electron chi connectivity index (χ4n) is 4.59. The maximum absolute atomic E-state index is 9.83. The number of anilines is 2. The second-order valence-electron chi connectivity index (χ2n) is 8.93. The summed E-state index contributed by atoms with van der Waals surface area (Å²) >= 11 is 2.04. The summed E-state index contributed by atoms with van der Waals surface area (Å²) < 4.78 is 0. The van der Waals surface area contributed by atoms with Crippen LogP contribution in [0.2, 0.25) is 0 Å². The Hall–Kier alpha value is -3.53. The molecule has 0 saturated carbocycles. The molecule has 0 amide bonds. The summed E-state index contributed by atoms with van der Waals surface area (Å²) in [4.78, 5) is 10.3. The molecule has 0 spiro atoms. The number of aromatic nitrogens is 2. The first-order valence-electron chi connectivity index (χ1n) is 11.9. The van der Waals surface area contributed by atoms with Crippen LogP contribution in [0, 0.1) is 25.2 Å². The molecule has 2 aromatic carbocycles. The van der Waals surface area contributed by atoms with E-state index in [0.29, 0.717) is 5.56 Å². The molecule has 176 valence electrons. The van der Waals surface area contributed by atoms with E-state index in [1.54, 1.807) is 6.20 Å². The van der Waals surface area contributed by atoms with Crippen molar-refractivity contribution in [2.45, 2.75) is 20.4 Å². The highest BCUT2D eigenvalue weighted by atomic mass is 32.2. The van der Waals surface area contributed by atoms with Gasteiger partial charge in [-0.2, -0.15) is 17.0 Å². The zero-order valence-electron chi connectivity index (χ0n) is 20.1. The third kappa shape index (κ3) is 5.12. The van der Waals surface area contributed by atoms with Gasteiger partial charge in [-0.1, -0.05) is 36.4 Å².